The van der Waals surface area contributed by atoms with E-state index in [2.05, 4.69) is 5.32 Å². The molecule has 1 saturated heterocycles. The lowest BCUT2D eigenvalue weighted by molar-refractivity contribution is -0.132. The molecule has 0 aliphatic carbocycles. The van der Waals surface area contributed by atoms with Gasteiger partial charge in [-0.15, -0.1) is 0 Å². The van der Waals surface area contributed by atoms with Crippen LogP contribution >= 0.6 is 0 Å². The SMILES string of the molecule is COc1ccccc1C1/C(=C(\O)c2ccc(C)c(C)c2)C(=O)C(=O)N1c1cccc(NC(C)=O)c1. The van der Waals surface area contributed by atoms with Crippen molar-refractivity contribution in [1.29, 1.82) is 0 Å². The number of nitrogens with zero attached hydrogens (tertiary/aromatic N) is 1. The maximum Gasteiger partial charge on any atom is 0.300 e. The number of ether oxygens (including phenoxy) is 1. The van der Waals surface area contributed by atoms with Crippen LogP contribution in [0.15, 0.2) is 72.3 Å². The molecule has 0 bridgehead atoms. The summed E-state index contributed by atoms with van der Waals surface area (Å²) >= 11 is 0. The molecular formula is C28H26N2O5. The molecule has 7 nitrogen and oxygen atoms in total. The first-order valence-electron chi connectivity index (χ1n) is 11.1. The van der Waals surface area contributed by atoms with E-state index in [9.17, 15) is 19.5 Å². The molecule has 4 rings (SSSR count). The number of anilines is 2. The van der Waals surface area contributed by atoms with Crippen LogP contribution in [-0.4, -0.2) is 29.8 Å². The number of aliphatic hydroxyl groups is 1. The summed E-state index contributed by atoms with van der Waals surface area (Å²) in [6.07, 6.45) is 0. The molecule has 3 aromatic rings. The lowest BCUT2D eigenvalue weighted by Crippen LogP contribution is -2.29. The summed E-state index contributed by atoms with van der Waals surface area (Å²) in [6.45, 7) is 5.25. The number of hydrogen-bond acceptors (Lipinski definition) is 5. The zero-order valence-electron chi connectivity index (χ0n) is 20.0. The van der Waals surface area contributed by atoms with Gasteiger partial charge in [0.15, 0.2) is 0 Å². The minimum absolute atomic E-state index is 0.0346. The van der Waals surface area contributed by atoms with Gasteiger partial charge in [-0.2, -0.15) is 0 Å². The number of methoxy groups -OCH3 is 1. The van der Waals surface area contributed by atoms with Crippen LogP contribution in [0.3, 0.4) is 0 Å². The first-order chi connectivity index (χ1) is 16.7. The Morgan fingerprint density at radius 2 is 1.71 bits per heavy atom. The fourth-order valence-corrected chi connectivity index (χ4v) is 4.27. The molecular weight excluding hydrogens is 444 g/mol. The molecule has 0 saturated carbocycles. The Morgan fingerprint density at radius 3 is 2.40 bits per heavy atom. The molecule has 35 heavy (non-hydrogen) atoms. The number of carbonyl (C=O) groups is 3. The van der Waals surface area contributed by atoms with E-state index >= 15 is 0 Å². The van der Waals surface area contributed by atoms with Crippen molar-refractivity contribution in [3.63, 3.8) is 0 Å². The van der Waals surface area contributed by atoms with Gasteiger partial charge in [0, 0.05) is 29.4 Å². The Labute approximate surface area is 203 Å². The second kappa shape index (κ2) is 9.46. The average molecular weight is 471 g/mol. The molecule has 1 aliphatic heterocycles. The summed E-state index contributed by atoms with van der Waals surface area (Å²) < 4.78 is 5.55. The van der Waals surface area contributed by atoms with E-state index in [4.69, 9.17) is 4.74 Å². The van der Waals surface area contributed by atoms with Crippen LogP contribution in [0.25, 0.3) is 5.76 Å². The van der Waals surface area contributed by atoms with Gasteiger partial charge in [-0.25, -0.2) is 0 Å². The molecule has 0 aromatic heterocycles. The van der Waals surface area contributed by atoms with E-state index in [-0.39, 0.29) is 17.2 Å². The number of nitrogens with one attached hydrogen (secondary N) is 1. The first-order valence-corrected chi connectivity index (χ1v) is 11.1. The maximum absolute atomic E-state index is 13.4. The minimum atomic E-state index is -0.944. The van der Waals surface area contributed by atoms with Gasteiger partial charge in [-0.3, -0.25) is 19.3 Å². The van der Waals surface area contributed by atoms with Crippen LogP contribution in [0, 0.1) is 13.8 Å². The largest absolute Gasteiger partial charge is 0.507 e. The summed E-state index contributed by atoms with van der Waals surface area (Å²) in [4.78, 5) is 39.7. The minimum Gasteiger partial charge on any atom is -0.507 e. The van der Waals surface area contributed by atoms with Crippen molar-refractivity contribution in [2.75, 3.05) is 17.3 Å². The third-order valence-corrected chi connectivity index (χ3v) is 6.10. The topological polar surface area (TPSA) is 95.9 Å². The van der Waals surface area contributed by atoms with Crippen molar-refractivity contribution >= 4 is 34.7 Å². The molecule has 7 heteroatoms. The highest BCUT2D eigenvalue weighted by atomic mass is 16.5. The normalized spacial score (nSPS) is 16.9. The highest BCUT2D eigenvalue weighted by Gasteiger charge is 2.48. The van der Waals surface area contributed by atoms with Gasteiger partial charge in [-0.05, 0) is 55.3 Å². The average Bonchev–Trinajstić information content (AvgIpc) is 3.10. The van der Waals surface area contributed by atoms with Gasteiger partial charge in [0.2, 0.25) is 5.91 Å². The van der Waals surface area contributed by atoms with Crippen LogP contribution in [-0.2, 0) is 14.4 Å². The van der Waals surface area contributed by atoms with E-state index in [1.807, 2.05) is 19.9 Å². The second-order valence-corrected chi connectivity index (χ2v) is 8.44. The van der Waals surface area contributed by atoms with Crippen LogP contribution in [0.4, 0.5) is 11.4 Å². The molecule has 0 spiro atoms. The number of amides is 2. The number of carbonyl (C=O) groups excluding carboxylic acids is 3. The first kappa shape index (κ1) is 23.8. The van der Waals surface area contributed by atoms with Gasteiger partial charge < -0.3 is 15.2 Å². The standard InChI is InChI=1S/C28H26N2O5/c1-16-12-13-19(14-17(16)2)26(32)24-25(22-10-5-6-11-23(22)35-4)30(28(34)27(24)33)21-9-7-8-20(15-21)29-18(3)31/h5-15,25,32H,1-4H3,(H,29,31)/b26-24+. The van der Waals surface area contributed by atoms with Crippen molar-refractivity contribution in [2.45, 2.75) is 26.8 Å². The Bertz CT molecular complexity index is 1380. The van der Waals surface area contributed by atoms with Crippen molar-refractivity contribution < 1.29 is 24.2 Å². The predicted molar refractivity (Wildman–Crippen MR) is 134 cm³/mol. The molecule has 178 valence electrons. The number of Topliss-reactive ketones (excluding diaryl/α,β-unsaturated/α-hetero) is 1. The molecule has 3 aromatic carbocycles. The number of para-hydroxylation sites is 1. The van der Waals surface area contributed by atoms with E-state index in [0.717, 1.165) is 11.1 Å². The highest BCUT2D eigenvalue weighted by Crippen LogP contribution is 2.45. The van der Waals surface area contributed by atoms with Crippen LogP contribution in [0.5, 0.6) is 5.75 Å². The zero-order valence-corrected chi connectivity index (χ0v) is 20.0. The van der Waals surface area contributed by atoms with Crippen molar-refractivity contribution in [2.24, 2.45) is 0 Å². The van der Waals surface area contributed by atoms with Gasteiger partial charge in [0.05, 0.1) is 18.7 Å². The second-order valence-electron chi connectivity index (χ2n) is 8.44. The number of benzene rings is 3. The van der Waals surface area contributed by atoms with E-state index in [0.29, 0.717) is 28.3 Å². The Morgan fingerprint density at radius 1 is 0.971 bits per heavy atom. The Balaban J connectivity index is 1.97. The smallest absolute Gasteiger partial charge is 0.300 e. The molecule has 0 radical (unpaired) electrons. The number of ketones is 1. The van der Waals surface area contributed by atoms with Gasteiger partial charge >= 0.3 is 0 Å². The molecule has 1 aliphatic rings. The van der Waals surface area contributed by atoms with E-state index in [1.165, 1.54) is 18.9 Å². The van der Waals surface area contributed by atoms with Crippen LogP contribution in [0.1, 0.15) is 35.2 Å². The zero-order chi connectivity index (χ0) is 25.3. The summed E-state index contributed by atoms with van der Waals surface area (Å²) in [5.74, 6) is -1.65. The Kier molecular flexibility index (Phi) is 6.42. The summed E-state index contributed by atoms with van der Waals surface area (Å²) in [5.41, 5.74) is 3.81. The predicted octanol–water partition coefficient (Wildman–Crippen LogP) is 4.90. The molecule has 2 amide bonds. The van der Waals surface area contributed by atoms with Gasteiger partial charge in [-0.1, -0.05) is 36.4 Å². The van der Waals surface area contributed by atoms with Gasteiger partial charge in [0.1, 0.15) is 11.5 Å². The monoisotopic (exact) mass is 470 g/mol. The highest BCUT2D eigenvalue weighted by molar-refractivity contribution is 6.51. The van der Waals surface area contributed by atoms with E-state index in [1.54, 1.807) is 60.7 Å². The molecule has 1 heterocycles. The number of hydrogen-bond donors (Lipinski definition) is 2. The molecule has 1 unspecified atom stereocenters. The van der Waals surface area contributed by atoms with Crippen LogP contribution in [0.2, 0.25) is 0 Å². The van der Waals surface area contributed by atoms with Crippen LogP contribution < -0.4 is 15.0 Å². The lowest BCUT2D eigenvalue weighted by Gasteiger charge is -2.27. The molecule has 1 fully saturated rings. The fraction of sp³-hybridized carbons (Fsp3) is 0.179. The van der Waals surface area contributed by atoms with Crippen molar-refractivity contribution in [3.05, 3.63) is 94.6 Å². The third kappa shape index (κ3) is 4.40. The number of rotatable bonds is 5. The third-order valence-electron chi connectivity index (χ3n) is 6.10. The Hall–Kier alpha value is -4.39. The summed E-state index contributed by atoms with van der Waals surface area (Å²) in [7, 11) is 1.51. The van der Waals surface area contributed by atoms with Crippen molar-refractivity contribution in [3.8, 4) is 5.75 Å². The summed E-state index contributed by atoms with van der Waals surface area (Å²) in [5, 5.41) is 14.0. The molecule has 2 N–H and O–H groups in total. The van der Waals surface area contributed by atoms with E-state index < -0.39 is 17.7 Å². The maximum atomic E-state index is 13.4. The summed E-state index contributed by atoms with van der Waals surface area (Å²) in [6, 6.07) is 18.1. The lowest BCUT2D eigenvalue weighted by atomic mass is 9.93. The number of aryl methyl sites for hydroxylation is 2. The van der Waals surface area contributed by atoms with Gasteiger partial charge in [0.25, 0.3) is 11.7 Å². The van der Waals surface area contributed by atoms with Crippen molar-refractivity contribution in [1.82, 2.24) is 0 Å². The number of aliphatic hydroxyl groups excluding tert-OH is 1. The quantitative estimate of drug-likeness (QED) is 0.314. The molecule has 1 atom stereocenters. The fourth-order valence-electron chi connectivity index (χ4n) is 4.27.